The third kappa shape index (κ3) is 3.63. The maximum atomic E-state index is 13.4. The van der Waals surface area contributed by atoms with Crippen LogP contribution in [0.25, 0.3) is 0 Å². The highest BCUT2D eigenvalue weighted by atomic mass is 19.4. The summed E-state index contributed by atoms with van der Waals surface area (Å²) in [5.41, 5.74) is 0.566. The van der Waals surface area contributed by atoms with Gasteiger partial charge in [-0.3, -0.25) is 9.78 Å². The number of carbonyl (C=O) groups excluding carboxylic acids is 1. The van der Waals surface area contributed by atoms with E-state index in [2.05, 4.69) is 9.72 Å². The fourth-order valence-corrected chi connectivity index (χ4v) is 1.30. The van der Waals surface area contributed by atoms with Crippen LogP contribution in [-0.2, 0) is 16.0 Å². The molecule has 0 aliphatic heterocycles. The molecule has 0 saturated carbocycles. The van der Waals surface area contributed by atoms with Gasteiger partial charge in [-0.25, -0.2) is 0 Å². The number of nitrogens with one attached hydrogen (secondary N) is 1. The zero-order valence-electron chi connectivity index (χ0n) is 10.00. The van der Waals surface area contributed by atoms with Crippen molar-refractivity contribution in [1.82, 2.24) is 10.3 Å². The van der Waals surface area contributed by atoms with Crippen molar-refractivity contribution in [3.63, 3.8) is 0 Å². The second-order valence-corrected chi connectivity index (χ2v) is 3.62. The average Bonchev–Trinajstić information content (AvgIpc) is 2.37. The van der Waals surface area contributed by atoms with Gasteiger partial charge in [-0.1, -0.05) is 6.07 Å². The molecule has 1 atom stereocenters. The number of aromatic nitrogens is 1. The number of pyridine rings is 1. The van der Waals surface area contributed by atoms with E-state index in [0.29, 0.717) is 12.8 Å². The largest absolute Gasteiger partial charge is 0.458 e. The Morgan fingerprint density at radius 1 is 1.37 bits per heavy atom. The predicted octanol–water partition coefficient (Wildman–Crippen LogP) is 1.61. The number of amides is 1. The number of nitrogens with zero attached hydrogens (tertiary/aromatic N) is 1. The summed E-state index contributed by atoms with van der Waals surface area (Å²) < 4.78 is 54.0. The molecule has 0 aliphatic carbocycles. The number of rotatable bonds is 5. The normalized spacial score (nSPS) is 14.8. The Hall–Kier alpha value is -1.70. The molecule has 0 saturated heterocycles. The van der Waals surface area contributed by atoms with Gasteiger partial charge in [0.15, 0.2) is 0 Å². The summed E-state index contributed by atoms with van der Waals surface area (Å²) >= 11 is 0. The van der Waals surface area contributed by atoms with E-state index in [1.807, 2.05) is 5.32 Å². The molecule has 1 aromatic heterocycles. The molecule has 1 rings (SSSR count). The fourth-order valence-electron chi connectivity index (χ4n) is 1.30. The minimum atomic E-state index is -5.43. The molecule has 1 heterocycles. The number of hydrogen-bond donors (Lipinski definition) is 1. The van der Waals surface area contributed by atoms with Gasteiger partial charge < -0.3 is 10.1 Å². The first-order valence-corrected chi connectivity index (χ1v) is 5.30. The van der Waals surface area contributed by atoms with Crippen LogP contribution in [0.5, 0.6) is 0 Å². The van der Waals surface area contributed by atoms with Gasteiger partial charge in [0.2, 0.25) is 0 Å². The van der Waals surface area contributed by atoms with Crippen molar-refractivity contribution in [2.24, 2.45) is 0 Å². The van der Waals surface area contributed by atoms with Crippen LogP contribution in [-0.4, -0.2) is 36.6 Å². The second-order valence-electron chi connectivity index (χ2n) is 3.62. The molecule has 0 fully saturated rings. The Bertz CT molecular complexity index is 424. The summed E-state index contributed by atoms with van der Waals surface area (Å²) in [7, 11) is 0.478. The van der Waals surface area contributed by atoms with Gasteiger partial charge in [-0.05, 0) is 12.1 Å². The van der Waals surface area contributed by atoms with Crippen LogP contribution < -0.4 is 5.32 Å². The lowest BCUT2D eigenvalue weighted by molar-refractivity contribution is -0.307. The van der Waals surface area contributed by atoms with Crippen molar-refractivity contribution in [2.75, 3.05) is 13.7 Å². The lowest BCUT2D eigenvalue weighted by Gasteiger charge is -2.24. The van der Waals surface area contributed by atoms with Crippen molar-refractivity contribution < 1.29 is 27.1 Å². The first-order chi connectivity index (χ1) is 8.81. The van der Waals surface area contributed by atoms with Crippen LogP contribution >= 0.6 is 0 Å². The van der Waals surface area contributed by atoms with Crippen LogP contribution in [0.4, 0.5) is 17.6 Å². The molecule has 19 heavy (non-hydrogen) atoms. The molecule has 1 N–H and O–H groups in total. The Labute approximate surface area is 106 Å². The van der Waals surface area contributed by atoms with E-state index < -0.39 is 17.9 Å². The number of halogens is 4. The first kappa shape index (κ1) is 15.4. The van der Waals surface area contributed by atoms with E-state index in [-0.39, 0.29) is 13.0 Å². The van der Waals surface area contributed by atoms with Crippen LogP contribution in [0.15, 0.2) is 24.4 Å². The lowest BCUT2D eigenvalue weighted by Crippen LogP contribution is -2.55. The van der Waals surface area contributed by atoms with E-state index in [1.165, 1.54) is 6.20 Å². The number of carbonyl (C=O) groups is 1. The van der Waals surface area contributed by atoms with Crippen LogP contribution in [0.3, 0.4) is 0 Å². The smallest absolute Gasteiger partial charge is 0.350 e. The maximum absolute atomic E-state index is 13.4. The van der Waals surface area contributed by atoms with Gasteiger partial charge in [0.25, 0.3) is 5.91 Å². The van der Waals surface area contributed by atoms with Gasteiger partial charge in [-0.2, -0.15) is 17.6 Å². The van der Waals surface area contributed by atoms with Crippen molar-refractivity contribution in [3.8, 4) is 0 Å². The third-order valence-electron chi connectivity index (χ3n) is 2.33. The zero-order valence-corrected chi connectivity index (χ0v) is 10.00. The minimum Gasteiger partial charge on any atom is -0.350 e. The van der Waals surface area contributed by atoms with Crippen LogP contribution in [0, 0.1) is 0 Å². The number of hydrogen-bond acceptors (Lipinski definition) is 3. The Morgan fingerprint density at radius 3 is 2.53 bits per heavy atom. The minimum absolute atomic E-state index is 0.180. The van der Waals surface area contributed by atoms with Gasteiger partial charge in [0.05, 0.1) is 0 Å². The molecular formula is C11H12F4N2O2. The standard InChI is InChI=1S/C11H12F4N2O2/c1-19-10(12,11(13,14)15)9(18)17-7-5-8-4-2-3-6-16-8/h2-4,6H,5,7H2,1H3,(H,17,18). The summed E-state index contributed by atoms with van der Waals surface area (Å²) in [6, 6.07) is 4.99. The molecule has 0 aromatic carbocycles. The molecule has 0 aliphatic rings. The van der Waals surface area contributed by atoms with Crippen molar-refractivity contribution >= 4 is 5.91 Å². The Morgan fingerprint density at radius 2 is 2.05 bits per heavy atom. The zero-order chi connectivity index (χ0) is 14.5. The van der Waals surface area contributed by atoms with Gasteiger partial charge >= 0.3 is 12.0 Å². The van der Waals surface area contributed by atoms with E-state index in [0.717, 1.165) is 0 Å². The highest BCUT2D eigenvalue weighted by Gasteiger charge is 2.63. The fraction of sp³-hybridized carbons (Fsp3) is 0.455. The quantitative estimate of drug-likeness (QED) is 0.834. The van der Waals surface area contributed by atoms with Crippen LogP contribution in [0.1, 0.15) is 5.69 Å². The summed E-state index contributed by atoms with van der Waals surface area (Å²) in [5, 5.41) is 1.83. The average molecular weight is 280 g/mol. The molecule has 1 aromatic rings. The topological polar surface area (TPSA) is 51.2 Å². The first-order valence-electron chi connectivity index (χ1n) is 5.30. The van der Waals surface area contributed by atoms with Crippen molar-refractivity contribution in [2.45, 2.75) is 18.5 Å². The molecule has 8 heteroatoms. The Balaban J connectivity index is 2.55. The summed E-state index contributed by atoms with van der Waals surface area (Å²) in [4.78, 5) is 15.1. The summed E-state index contributed by atoms with van der Waals surface area (Å²) in [5.74, 6) is -6.21. The summed E-state index contributed by atoms with van der Waals surface area (Å²) in [6.45, 7) is -0.180. The highest BCUT2D eigenvalue weighted by Crippen LogP contribution is 2.34. The number of ether oxygens (including phenoxy) is 1. The molecule has 106 valence electrons. The molecule has 0 radical (unpaired) electrons. The van der Waals surface area contributed by atoms with Gasteiger partial charge in [0.1, 0.15) is 0 Å². The van der Waals surface area contributed by atoms with Gasteiger partial charge in [0, 0.05) is 32.0 Å². The van der Waals surface area contributed by atoms with Crippen molar-refractivity contribution in [3.05, 3.63) is 30.1 Å². The molecule has 0 bridgehead atoms. The SMILES string of the molecule is COC(F)(C(=O)NCCc1ccccn1)C(F)(F)F. The van der Waals surface area contributed by atoms with E-state index in [9.17, 15) is 22.4 Å². The predicted molar refractivity (Wildman–Crippen MR) is 57.9 cm³/mol. The summed E-state index contributed by atoms with van der Waals surface area (Å²) in [6.07, 6.45) is -3.75. The van der Waals surface area contributed by atoms with E-state index in [4.69, 9.17) is 0 Å². The molecule has 1 unspecified atom stereocenters. The molecule has 4 nitrogen and oxygen atoms in total. The maximum Gasteiger partial charge on any atom is 0.458 e. The Kier molecular flexibility index (Phi) is 4.82. The van der Waals surface area contributed by atoms with Crippen LogP contribution in [0.2, 0.25) is 0 Å². The second kappa shape index (κ2) is 5.96. The van der Waals surface area contributed by atoms with E-state index in [1.54, 1.807) is 18.2 Å². The van der Waals surface area contributed by atoms with Crippen molar-refractivity contribution in [1.29, 1.82) is 0 Å². The molecule has 0 spiro atoms. The third-order valence-corrected chi connectivity index (χ3v) is 2.33. The molecular weight excluding hydrogens is 268 g/mol. The van der Waals surface area contributed by atoms with E-state index >= 15 is 0 Å². The highest BCUT2D eigenvalue weighted by molar-refractivity contribution is 5.84. The number of methoxy groups -OCH3 is 1. The lowest BCUT2D eigenvalue weighted by atomic mass is 10.2. The molecule has 1 amide bonds. The number of alkyl halides is 4. The van der Waals surface area contributed by atoms with Gasteiger partial charge in [-0.15, -0.1) is 0 Å². The monoisotopic (exact) mass is 280 g/mol.